The number of nitrogens with one attached hydrogen (secondary N) is 2. The monoisotopic (exact) mass is 358 g/mol. The lowest BCUT2D eigenvalue weighted by Gasteiger charge is -2.26. The van der Waals surface area contributed by atoms with Gasteiger partial charge >= 0.3 is 0 Å². The number of terminal acetylenes is 1. The summed E-state index contributed by atoms with van der Waals surface area (Å²) in [6.45, 7) is 0.121. The summed E-state index contributed by atoms with van der Waals surface area (Å²) in [5.41, 5.74) is 13.5. The predicted molar refractivity (Wildman–Crippen MR) is 100 cm³/mol. The fourth-order valence-corrected chi connectivity index (χ4v) is 2.72. The number of anilines is 3. The fourth-order valence-electron chi connectivity index (χ4n) is 2.72. The van der Waals surface area contributed by atoms with E-state index in [4.69, 9.17) is 27.9 Å². The number of nitrogen functional groups attached to an aromatic ring is 2. The molecule has 0 bridgehead atoms. The van der Waals surface area contributed by atoms with Crippen molar-refractivity contribution in [2.75, 3.05) is 23.4 Å². The smallest absolute Gasteiger partial charge is 0.211 e. The highest BCUT2D eigenvalue weighted by Crippen LogP contribution is 2.40. The van der Waals surface area contributed by atoms with Crippen LogP contribution in [0.2, 0.25) is 0 Å². The molecule has 1 aliphatic heterocycles. The first-order valence-corrected chi connectivity index (χ1v) is 7.74. The number of ether oxygens (including phenoxy) is 1. The van der Waals surface area contributed by atoms with Gasteiger partial charge in [0.15, 0.2) is 6.19 Å². The van der Waals surface area contributed by atoms with E-state index in [2.05, 4.69) is 26.5 Å². The van der Waals surface area contributed by atoms with Crippen LogP contribution in [-0.2, 0) is 0 Å². The predicted octanol–water partition coefficient (Wildman–Crippen LogP) is 1.07. The van der Waals surface area contributed by atoms with Gasteiger partial charge in [-0.2, -0.15) is 10.5 Å². The number of benzene rings is 1. The first kappa shape index (κ1) is 17.4. The summed E-state index contributed by atoms with van der Waals surface area (Å²) >= 11 is 0. The Bertz CT molecular complexity index is 1050. The van der Waals surface area contributed by atoms with Crippen molar-refractivity contribution in [1.29, 1.82) is 10.5 Å². The van der Waals surface area contributed by atoms with Gasteiger partial charge in [-0.1, -0.05) is 18.1 Å². The number of rotatable bonds is 3. The van der Waals surface area contributed by atoms with Crippen molar-refractivity contribution < 1.29 is 4.74 Å². The first-order chi connectivity index (χ1) is 13.1. The van der Waals surface area contributed by atoms with Crippen molar-refractivity contribution in [3.05, 3.63) is 41.0 Å². The van der Waals surface area contributed by atoms with E-state index < -0.39 is 6.04 Å². The normalized spacial score (nSPS) is 14.4. The summed E-state index contributed by atoms with van der Waals surface area (Å²) in [7, 11) is 0. The Hall–Kier alpha value is -4.42. The molecule has 9 heteroatoms. The van der Waals surface area contributed by atoms with E-state index in [1.165, 1.54) is 0 Å². The Morgan fingerprint density at radius 1 is 1.33 bits per heavy atom. The molecule has 9 nitrogen and oxygen atoms in total. The fraction of sp³-hybridized carbons (Fsp3) is 0.111. The highest BCUT2D eigenvalue weighted by molar-refractivity contribution is 5.98. The second kappa shape index (κ2) is 7.22. The van der Waals surface area contributed by atoms with Gasteiger partial charge in [0.2, 0.25) is 5.96 Å². The van der Waals surface area contributed by atoms with Crippen LogP contribution < -0.4 is 26.8 Å². The van der Waals surface area contributed by atoms with Crippen LogP contribution in [0.4, 0.5) is 17.3 Å². The minimum Gasteiger partial charge on any atom is -0.481 e. The quantitative estimate of drug-likeness (QED) is 0.360. The maximum atomic E-state index is 9.33. The molecule has 6 N–H and O–H groups in total. The van der Waals surface area contributed by atoms with Crippen molar-refractivity contribution >= 4 is 23.3 Å². The number of hydrogen-bond donors (Lipinski definition) is 4. The molecule has 1 aromatic heterocycles. The number of nitrogens with two attached hydrogens (primary N) is 2. The van der Waals surface area contributed by atoms with E-state index in [-0.39, 0.29) is 29.6 Å². The molecular weight excluding hydrogens is 344 g/mol. The standard InChI is InChI=1S/C18H14N8O/c1-2-6-27-11-5-3-4-10(7-11)15-13-14(21)12(8-19)16(22)25-17(13)26-18(24-15)23-9-20/h1,3-5,7,15H,6H2,(H6,21,22,23,24,25,26). The van der Waals surface area contributed by atoms with Crippen molar-refractivity contribution in [2.24, 2.45) is 4.99 Å². The van der Waals surface area contributed by atoms with E-state index >= 15 is 0 Å². The number of nitriles is 2. The lowest BCUT2D eigenvalue weighted by Crippen LogP contribution is -2.32. The van der Waals surface area contributed by atoms with Crippen LogP contribution in [0, 0.1) is 35.1 Å². The maximum Gasteiger partial charge on any atom is 0.211 e. The van der Waals surface area contributed by atoms with Crippen molar-refractivity contribution in [3.8, 4) is 30.4 Å². The molecule has 0 saturated heterocycles. The van der Waals surface area contributed by atoms with Gasteiger partial charge in [-0.25, -0.2) is 9.98 Å². The molecular formula is C18H14N8O. The van der Waals surface area contributed by atoms with Crippen molar-refractivity contribution in [1.82, 2.24) is 10.3 Å². The average molecular weight is 358 g/mol. The molecule has 1 aliphatic rings. The van der Waals surface area contributed by atoms with Crippen LogP contribution in [0.25, 0.3) is 0 Å². The van der Waals surface area contributed by atoms with Gasteiger partial charge in [-0.15, -0.1) is 6.42 Å². The van der Waals surface area contributed by atoms with Gasteiger partial charge in [-0.3, -0.25) is 5.32 Å². The van der Waals surface area contributed by atoms with Gasteiger partial charge in [0.05, 0.1) is 5.69 Å². The Labute approximate surface area is 155 Å². The molecule has 27 heavy (non-hydrogen) atoms. The number of pyridine rings is 1. The lowest BCUT2D eigenvalue weighted by atomic mass is 9.95. The molecule has 1 unspecified atom stereocenters. The maximum absolute atomic E-state index is 9.33. The summed E-state index contributed by atoms with van der Waals surface area (Å²) in [5.74, 6) is 3.44. The summed E-state index contributed by atoms with van der Waals surface area (Å²) < 4.78 is 5.46. The van der Waals surface area contributed by atoms with E-state index in [1.807, 2.05) is 12.1 Å². The lowest BCUT2D eigenvalue weighted by molar-refractivity contribution is 0.370. The zero-order valence-corrected chi connectivity index (χ0v) is 14.0. The molecule has 0 saturated carbocycles. The second-order valence-electron chi connectivity index (χ2n) is 5.47. The Balaban J connectivity index is 2.16. The summed E-state index contributed by atoms with van der Waals surface area (Å²) in [6.07, 6.45) is 7.03. The largest absolute Gasteiger partial charge is 0.481 e. The Morgan fingerprint density at radius 2 is 2.15 bits per heavy atom. The van der Waals surface area contributed by atoms with E-state index in [0.29, 0.717) is 22.7 Å². The molecule has 0 radical (unpaired) electrons. The molecule has 0 fully saturated rings. The molecule has 0 spiro atoms. The molecule has 2 heterocycles. The highest BCUT2D eigenvalue weighted by atomic mass is 16.5. The number of aliphatic imine (C=N–C) groups is 1. The van der Waals surface area contributed by atoms with Crippen LogP contribution >= 0.6 is 0 Å². The molecule has 0 aliphatic carbocycles. The summed E-state index contributed by atoms with van der Waals surface area (Å²) in [5, 5.41) is 23.6. The van der Waals surface area contributed by atoms with Gasteiger partial charge in [0.1, 0.15) is 41.7 Å². The molecule has 0 amide bonds. The molecule has 1 atom stereocenters. The molecule has 2 aromatic rings. The minimum atomic E-state index is -0.633. The van der Waals surface area contributed by atoms with Crippen molar-refractivity contribution in [3.63, 3.8) is 0 Å². The van der Waals surface area contributed by atoms with Crippen LogP contribution in [0.5, 0.6) is 5.75 Å². The van der Waals surface area contributed by atoms with E-state index in [0.717, 1.165) is 0 Å². The SMILES string of the molecule is C#CCOc1cccc(C2N=C(NC#N)Nc3nc(N)c(C#N)c(N)c32)c1. The zero-order chi connectivity index (χ0) is 19.4. The van der Waals surface area contributed by atoms with E-state index in [9.17, 15) is 5.26 Å². The summed E-state index contributed by atoms with van der Waals surface area (Å²) in [6, 6.07) is 8.43. The third-order valence-corrected chi connectivity index (χ3v) is 3.85. The molecule has 1 aromatic carbocycles. The van der Waals surface area contributed by atoms with Crippen molar-refractivity contribution in [2.45, 2.75) is 6.04 Å². The van der Waals surface area contributed by atoms with Gasteiger partial charge in [0.25, 0.3) is 0 Å². The van der Waals surface area contributed by atoms with E-state index in [1.54, 1.807) is 24.4 Å². The Morgan fingerprint density at radius 3 is 2.85 bits per heavy atom. The number of aromatic nitrogens is 1. The van der Waals surface area contributed by atoms with Gasteiger partial charge in [-0.05, 0) is 17.7 Å². The zero-order valence-electron chi connectivity index (χ0n) is 14.0. The number of hydrogen-bond acceptors (Lipinski definition) is 9. The van der Waals surface area contributed by atoms with Gasteiger partial charge < -0.3 is 21.5 Å². The first-order valence-electron chi connectivity index (χ1n) is 7.74. The summed E-state index contributed by atoms with van der Waals surface area (Å²) in [4.78, 5) is 8.68. The third kappa shape index (κ3) is 3.23. The van der Waals surface area contributed by atoms with Gasteiger partial charge in [0, 0.05) is 5.56 Å². The van der Waals surface area contributed by atoms with Crippen LogP contribution in [0.3, 0.4) is 0 Å². The minimum absolute atomic E-state index is 0.00990. The van der Waals surface area contributed by atoms with Crippen LogP contribution in [-0.4, -0.2) is 17.6 Å². The number of fused-ring (bicyclic) bond motifs is 1. The molecule has 3 rings (SSSR count). The number of nitrogens with zero attached hydrogens (tertiary/aromatic N) is 4. The number of guanidine groups is 1. The average Bonchev–Trinajstić information content (AvgIpc) is 2.66. The second-order valence-corrected chi connectivity index (χ2v) is 5.47. The highest BCUT2D eigenvalue weighted by Gasteiger charge is 2.29. The molecule has 132 valence electrons. The van der Waals surface area contributed by atoms with Crippen LogP contribution in [0.1, 0.15) is 22.7 Å². The topological polar surface area (TPSA) is 158 Å². The van der Waals surface area contributed by atoms with Crippen LogP contribution in [0.15, 0.2) is 29.3 Å². The third-order valence-electron chi connectivity index (χ3n) is 3.85. The Kier molecular flexibility index (Phi) is 4.65.